The third kappa shape index (κ3) is 3.93. The molecule has 1 N–H and O–H groups in total. The highest BCUT2D eigenvalue weighted by Crippen LogP contribution is 2.34. The summed E-state index contributed by atoms with van der Waals surface area (Å²) >= 11 is 5.66. The van der Waals surface area contributed by atoms with E-state index in [9.17, 15) is 4.79 Å². The molecule has 0 saturated heterocycles. The van der Waals surface area contributed by atoms with E-state index in [0.717, 1.165) is 0 Å². The molecule has 1 amide bonds. The topological polar surface area (TPSA) is 56.8 Å². The highest BCUT2D eigenvalue weighted by atomic mass is 35.5. The molecule has 0 heterocycles. The van der Waals surface area contributed by atoms with E-state index in [4.69, 9.17) is 25.8 Å². The van der Waals surface area contributed by atoms with Gasteiger partial charge in [0.1, 0.15) is 5.75 Å². The summed E-state index contributed by atoms with van der Waals surface area (Å²) < 4.78 is 15.6. The number of rotatable bonds is 7. The lowest BCUT2D eigenvalue weighted by atomic mass is 10.1. The number of hydrogen-bond donors (Lipinski definition) is 1. The van der Waals surface area contributed by atoms with Crippen molar-refractivity contribution < 1.29 is 19.0 Å². The highest BCUT2D eigenvalue weighted by molar-refractivity contribution is 6.17. The van der Waals surface area contributed by atoms with Crippen molar-refractivity contribution in [3.8, 4) is 17.2 Å². The standard InChI is InChI=1S/C14H20ClNO4/c1-9(5-6-15)16-14(17)10-7-12(19-3)13(20-4)8-11(10)18-2/h7-9H,5-6H2,1-4H3,(H,16,17). The number of alkyl halides is 1. The second-order valence-corrected chi connectivity index (χ2v) is 4.64. The van der Waals surface area contributed by atoms with E-state index in [-0.39, 0.29) is 11.9 Å². The van der Waals surface area contributed by atoms with Gasteiger partial charge in [-0.2, -0.15) is 0 Å². The molecule has 0 aliphatic carbocycles. The fourth-order valence-corrected chi connectivity index (χ4v) is 2.07. The lowest BCUT2D eigenvalue weighted by molar-refractivity contribution is 0.0936. The van der Waals surface area contributed by atoms with Crippen LogP contribution in [0.1, 0.15) is 23.7 Å². The lowest BCUT2D eigenvalue weighted by Gasteiger charge is -2.16. The van der Waals surface area contributed by atoms with Gasteiger partial charge >= 0.3 is 0 Å². The van der Waals surface area contributed by atoms with Crippen LogP contribution in [0, 0.1) is 0 Å². The molecule has 20 heavy (non-hydrogen) atoms. The number of carbonyl (C=O) groups excluding carboxylic acids is 1. The predicted molar refractivity (Wildman–Crippen MR) is 78.4 cm³/mol. The van der Waals surface area contributed by atoms with E-state index in [1.54, 1.807) is 12.1 Å². The van der Waals surface area contributed by atoms with Crippen LogP contribution in [0.2, 0.25) is 0 Å². The zero-order chi connectivity index (χ0) is 15.1. The van der Waals surface area contributed by atoms with Crippen molar-refractivity contribution in [2.75, 3.05) is 27.2 Å². The molecule has 1 aromatic rings. The minimum Gasteiger partial charge on any atom is -0.496 e. The van der Waals surface area contributed by atoms with Gasteiger partial charge in [0.15, 0.2) is 11.5 Å². The van der Waals surface area contributed by atoms with Gasteiger partial charge in [-0.1, -0.05) is 0 Å². The summed E-state index contributed by atoms with van der Waals surface area (Å²) in [5.74, 6) is 1.67. The van der Waals surface area contributed by atoms with Crippen LogP contribution < -0.4 is 19.5 Å². The molecule has 1 aromatic carbocycles. The first-order valence-corrected chi connectivity index (χ1v) is 6.77. The van der Waals surface area contributed by atoms with Gasteiger partial charge in [-0.3, -0.25) is 4.79 Å². The maximum atomic E-state index is 12.2. The van der Waals surface area contributed by atoms with Crippen molar-refractivity contribution in [3.63, 3.8) is 0 Å². The maximum Gasteiger partial charge on any atom is 0.255 e. The molecule has 0 radical (unpaired) electrons. The minimum atomic E-state index is -0.236. The van der Waals surface area contributed by atoms with Gasteiger partial charge in [-0.15, -0.1) is 11.6 Å². The Bertz CT molecular complexity index is 465. The average molecular weight is 302 g/mol. The number of amides is 1. The van der Waals surface area contributed by atoms with Crippen LogP contribution in [-0.2, 0) is 0 Å². The van der Waals surface area contributed by atoms with Crippen molar-refractivity contribution in [1.29, 1.82) is 0 Å². The summed E-state index contributed by atoms with van der Waals surface area (Å²) in [6, 6.07) is 3.21. The molecule has 0 aromatic heterocycles. The first-order valence-electron chi connectivity index (χ1n) is 6.24. The summed E-state index contributed by atoms with van der Waals surface area (Å²) in [6.45, 7) is 1.90. The van der Waals surface area contributed by atoms with Crippen LogP contribution in [0.25, 0.3) is 0 Å². The summed E-state index contributed by atoms with van der Waals surface area (Å²) in [6.07, 6.45) is 0.697. The normalized spacial score (nSPS) is 11.7. The molecule has 0 aliphatic rings. The molecule has 0 aliphatic heterocycles. The lowest BCUT2D eigenvalue weighted by Crippen LogP contribution is -2.33. The number of ether oxygens (including phenoxy) is 3. The largest absolute Gasteiger partial charge is 0.496 e. The van der Waals surface area contributed by atoms with Crippen LogP contribution in [0.4, 0.5) is 0 Å². The van der Waals surface area contributed by atoms with Gasteiger partial charge in [0.2, 0.25) is 0 Å². The fourth-order valence-electron chi connectivity index (χ4n) is 1.74. The third-order valence-electron chi connectivity index (χ3n) is 2.87. The predicted octanol–water partition coefficient (Wildman–Crippen LogP) is 2.46. The molecule has 0 bridgehead atoms. The second kappa shape index (κ2) is 7.85. The van der Waals surface area contributed by atoms with Crippen molar-refractivity contribution in [1.82, 2.24) is 5.32 Å². The number of methoxy groups -OCH3 is 3. The Morgan fingerprint density at radius 1 is 1.15 bits per heavy atom. The van der Waals surface area contributed by atoms with Gasteiger partial charge in [0.25, 0.3) is 5.91 Å². The Morgan fingerprint density at radius 3 is 2.20 bits per heavy atom. The van der Waals surface area contributed by atoms with Crippen molar-refractivity contribution in [3.05, 3.63) is 17.7 Å². The number of carbonyl (C=O) groups is 1. The van der Waals surface area contributed by atoms with Crippen molar-refractivity contribution in [2.24, 2.45) is 0 Å². The number of hydrogen-bond acceptors (Lipinski definition) is 4. The highest BCUT2D eigenvalue weighted by Gasteiger charge is 2.18. The Labute approximate surface area is 124 Å². The van der Waals surface area contributed by atoms with Crippen LogP contribution in [0.15, 0.2) is 12.1 Å². The van der Waals surface area contributed by atoms with Gasteiger partial charge in [-0.25, -0.2) is 0 Å². The summed E-state index contributed by atoms with van der Waals surface area (Å²) in [5.41, 5.74) is 0.395. The molecule has 1 unspecified atom stereocenters. The first-order chi connectivity index (χ1) is 9.57. The van der Waals surface area contributed by atoms with Crippen LogP contribution in [0.5, 0.6) is 17.2 Å². The molecule has 6 heteroatoms. The number of nitrogens with one attached hydrogen (secondary N) is 1. The van der Waals surface area contributed by atoms with Gasteiger partial charge in [0.05, 0.1) is 26.9 Å². The fraction of sp³-hybridized carbons (Fsp3) is 0.500. The molecule has 5 nitrogen and oxygen atoms in total. The zero-order valence-corrected chi connectivity index (χ0v) is 12.9. The summed E-state index contributed by atoms with van der Waals surface area (Å²) in [5, 5.41) is 2.86. The Morgan fingerprint density at radius 2 is 1.70 bits per heavy atom. The van der Waals surface area contributed by atoms with E-state index < -0.39 is 0 Å². The maximum absolute atomic E-state index is 12.2. The third-order valence-corrected chi connectivity index (χ3v) is 3.09. The number of halogens is 1. The van der Waals surface area contributed by atoms with E-state index >= 15 is 0 Å². The van der Waals surface area contributed by atoms with Crippen molar-refractivity contribution in [2.45, 2.75) is 19.4 Å². The van der Waals surface area contributed by atoms with E-state index in [1.165, 1.54) is 21.3 Å². The van der Waals surface area contributed by atoms with E-state index in [1.807, 2.05) is 6.92 Å². The molecule has 112 valence electrons. The van der Waals surface area contributed by atoms with Crippen LogP contribution in [-0.4, -0.2) is 39.2 Å². The molecule has 0 saturated carbocycles. The van der Waals surface area contributed by atoms with E-state index in [2.05, 4.69) is 5.32 Å². The second-order valence-electron chi connectivity index (χ2n) is 4.26. The van der Waals surface area contributed by atoms with Crippen LogP contribution in [0.3, 0.4) is 0 Å². The van der Waals surface area contributed by atoms with Gasteiger partial charge < -0.3 is 19.5 Å². The average Bonchev–Trinajstić information content (AvgIpc) is 2.45. The molecule has 1 atom stereocenters. The zero-order valence-electron chi connectivity index (χ0n) is 12.2. The van der Waals surface area contributed by atoms with Crippen molar-refractivity contribution >= 4 is 17.5 Å². The molecular formula is C14H20ClNO4. The van der Waals surface area contributed by atoms with Gasteiger partial charge in [0, 0.05) is 24.1 Å². The molecule has 0 fully saturated rings. The summed E-state index contributed by atoms with van der Waals surface area (Å²) in [7, 11) is 4.54. The van der Waals surface area contributed by atoms with Gasteiger partial charge in [-0.05, 0) is 13.3 Å². The Kier molecular flexibility index (Phi) is 6.45. The smallest absolute Gasteiger partial charge is 0.255 e. The molecule has 1 rings (SSSR count). The SMILES string of the molecule is COc1cc(OC)c(C(=O)NC(C)CCCl)cc1OC. The monoisotopic (exact) mass is 301 g/mol. The molecule has 0 spiro atoms. The summed E-state index contributed by atoms with van der Waals surface area (Å²) in [4.78, 5) is 12.2. The first kappa shape index (κ1) is 16.4. The minimum absolute atomic E-state index is 0.0159. The quantitative estimate of drug-likeness (QED) is 0.786. The Hall–Kier alpha value is -1.62. The van der Waals surface area contributed by atoms with Crippen LogP contribution >= 0.6 is 11.6 Å². The number of benzene rings is 1. The molecular weight excluding hydrogens is 282 g/mol. The van der Waals surface area contributed by atoms with E-state index in [0.29, 0.717) is 35.1 Å². The Balaban J connectivity index is 3.06.